The molecule has 0 bridgehead atoms. The monoisotopic (exact) mass is 500 g/mol. The van der Waals surface area contributed by atoms with Gasteiger partial charge in [0.15, 0.2) is 0 Å². The average molecular weight is 501 g/mol. The van der Waals surface area contributed by atoms with Crippen molar-refractivity contribution in [1.29, 1.82) is 0 Å². The average Bonchev–Trinajstić information content (AvgIpc) is 3.39. The molecule has 2 aromatic rings. The number of fused-ring (bicyclic) bond motifs is 3. The summed E-state index contributed by atoms with van der Waals surface area (Å²) in [5.74, 6) is 0.320. The molecule has 3 aliphatic rings. The molecule has 0 saturated carbocycles. The van der Waals surface area contributed by atoms with E-state index in [1.165, 1.54) is 0 Å². The molecular weight excluding hydrogens is 472 g/mol. The number of anilines is 2. The van der Waals surface area contributed by atoms with Crippen molar-refractivity contribution in [2.45, 2.75) is 31.4 Å². The van der Waals surface area contributed by atoms with Crippen molar-refractivity contribution in [3.05, 3.63) is 57.1 Å². The van der Waals surface area contributed by atoms with Gasteiger partial charge in [-0.3, -0.25) is 14.9 Å². The minimum absolute atomic E-state index is 0.0445. The molecule has 186 valence electrons. The molecule has 2 fully saturated rings. The van der Waals surface area contributed by atoms with Gasteiger partial charge in [0, 0.05) is 55.6 Å². The van der Waals surface area contributed by atoms with Crippen molar-refractivity contribution in [2.24, 2.45) is 5.92 Å². The zero-order chi connectivity index (χ0) is 24.5. The topological polar surface area (TPSA) is 97.2 Å². The maximum Gasteiger partial charge on any atom is 0.269 e. The summed E-state index contributed by atoms with van der Waals surface area (Å²) in [6.07, 6.45) is 2.44. The lowest BCUT2D eigenvalue weighted by Gasteiger charge is -2.49. The van der Waals surface area contributed by atoms with Crippen LogP contribution in [-0.2, 0) is 16.0 Å². The highest BCUT2D eigenvalue weighted by atomic mass is 35.5. The number of nitrogens with one attached hydrogen (secondary N) is 1. The first kappa shape index (κ1) is 23.7. The van der Waals surface area contributed by atoms with Crippen molar-refractivity contribution < 1.29 is 19.2 Å². The number of nitro benzene ring substituents is 1. The molecule has 35 heavy (non-hydrogen) atoms. The Labute approximate surface area is 209 Å². The van der Waals surface area contributed by atoms with E-state index in [9.17, 15) is 14.9 Å². The van der Waals surface area contributed by atoms with E-state index < -0.39 is 0 Å². The minimum Gasteiger partial charge on any atom is -0.495 e. The van der Waals surface area contributed by atoms with Crippen LogP contribution in [0.5, 0.6) is 5.75 Å². The summed E-state index contributed by atoms with van der Waals surface area (Å²) >= 11 is 6.30. The fourth-order valence-electron chi connectivity index (χ4n) is 5.50. The molecule has 2 saturated heterocycles. The Bertz CT molecular complexity index is 1120. The van der Waals surface area contributed by atoms with Crippen LogP contribution in [0.3, 0.4) is 0 Å². The van der Waals surface area contributed by atoms with E-state index in [1.807, 2.05) is 18.2 Å². The second-order valence-corrected chi connectivity index (χ2v) is 9.72. The predicted molar refractivity (Wildman–Crippen MR) is 134 cm³/mol. The number of methoxy groups -OCH3 is 1. The van der Waals surface area contributed by atoms with Crippen molar-refractivity contribution in [3.8, 4) is 5.75 Å². The van der Waals surface area contributed by atoms with Gasteiger partial charge in [-0.1, -0.05) is 11.6 Å². The number of carbonyl (C=O) groups is 1. The number of non-ortho nitro benzene ring substituents is 1. The number of amides is 1. The first-order chi connectivity index (χ1) is 16.9. The summed E-state index contributed by atoms with van der Waals surface area (Å²) in [7, 11) is 1.63. The fourth-order valence-corrected chi connectivity index (χ4v) is 5.67. The summed E-state index contributed by atoms with van der Waals surface area (Å²) in [5.41, 5.74) is 2.73. The molecule has 3 heterocycles. The van der Waals surface area contributed by atoms with E-state index >= 15 is 0 Å². The highest BCUT2D eigenvalue weighted by Crippen LogP contribution is 2.40. The van der Waals surface area contributed by atoms with Gasteiger partial charge in [0.05, 0.1) is 35.8 Å². The summed E-state index contributed by atoms with van der Waals surface area (Å²) in [5, 5.41) is 15.1. The lowest BCUT2D eigenvalue weighted by Crippen LogP contribution is -2.61. The number of piperazine rings is 1. The number of nitrogens with zero attached hydrogens (tertiary/aromatic N) is 3. The quantitative estimate of drug-likeness (QED) is 0.479. The van der Waals surface area contributed by atoms with E-state index in [4.69, 9.17) is 21.1 Å². The SMILES string of the molecule is COc1ccc(Cl)cc1N1CCN2c3ccc([N+](=O)[O-])cc3CC(C(=O)NCC3CCCO3)C2C1. The zero-order valence-corrected chi connectivity index (χ0v) is 20.4. The summed E-state index contributed by atoms with van der Waals surface area (Å²) in [4.78, 5) is 28.9. The Morgan fingerprint density at radius 3 is 2.86 bits per heavy atom. The van der Waals surface area contributed by atoms with E-state index in [2.05, 4.69) is 15.1 Å². The summed E-state index contributed by atoms with van der Waals surface area (Å²) < 4.78 is 11.3. The van der Waals surface area contributed by atoms with Crippen molar-refractivity contribution in [1.82, 2.24) is 5.32 Å². The molecule has 0 spiro atoms. The predicted octanol–water partition coefficient (Wildman–Crippen LogP) is 3.42. The van der Waals surface area contributed by atoms with Gasteiger partial charge in [-0.15, -0.1) is 0 Å². The van der Waals surface area contributed by atoms with E-state index in [0.717, 1.165) is 42.1 Å². The largest absolute Gasteiger partial charge is 0.495 e. The van der Waals surface area contributed by atoms with Gasteiger partial charge in [-0.2, -0.15) is 0 Å². The summed E-state index contributed by atoms with van der Waals surface area (Å²) in [6.45, 7) is 3.18. The van der Waals surface area contributed by atoms with Crippen molar-refractivity contribution in [3.63, 3.8) is 0 Å². The third-order valence-electron chi connectivity index (χ3n) is 7.25. The van der Waals surface area contributed by atoms with Gasteiger partial charge < -0.3 is 24.6 Å². The van der Waals surface area contributed by atoms with Crippen LogP contribution in [0.1, 0.15) is 18.4 Å². The van der Waals surface area contributed by atoms with E-state index in [0.29, 0.717) is 37.6 Å². The van der Waals surface area contributed by atoms with Gasteiger partial charge >= 0.3 is 0 Å². The maximum absolute atomic E-state index is 13.5. The number of hydrogen-bond acceptors (Lipinski definition) is 7. The molecular formula is C25H29ClN4O5. The molecule has 3 aliphatic heterocycles. The number of benzene rings is 2. The standard InChI is InChI=1S/C25H29ClN4O5/c1-34-24-7-4-17(26)13-22(24)28-8-9-29-21-6-5-18(30(32)33)11-16(21)12-20(23(29)15-28)25(31)27-14-19-3-2-10-35-19/h4-7,11,13,19-20,23H,2-3,8-10,12,14-15H2,1H3,(H,27,31). The molecule has 5 rings (SSSR count). The van der Waals surface area contributed by atoms with Crippen LogP contribution in [0, 0.1) is 16.0 Å². The van der Waals surface area contributed by atoms with Crippen molar-refractivity contribution >= 4 is 34.6 Å². The molecule has 0 radical (unpaired) electrons. The smallest absolute Gasteiger partial charge is 0.269 e. The fraction of sp³-hybridized carbons (Fsp3) is 0.480. The molecule has 9 nitrogen and oxygen atoms in total. The van der Waals surface area contributed by atoms with Crippen LogP contribution in [0.15, 0.2) is 36.4 Å². The van der Waals surface area contributed by atoms with Gasteiger partial charge in [-0.05, 0) is 49.1 Å². The second kappa shape index (κ2) is 9.91. The van der Waals surface area contributed by atoms with Gasteiger partial charge in [0.1, 0.15) is 5.75 Å². The lowest BCUT2D eigenvalue weighted by molar-refractivity contribution is -0.384. The molecule has 3 unspecified atom stereocenters. The van der Waals surface area contributed by atoms with Crippen LogP contribution in [0.4, 0.5) is 17.1 Å². The van der Waals surface area contributed by atoms with Crippen molar-refractivity contribution in [2.75, 3.05) is 49.7 Å². The Morgan fingerprint density at radius 2 is 2.11 bits per heavy atom. The molecule has 10 heteroatoms. The van der Waals surface area contributed by atoms with Gasteiger partial charge in [-0.25, -0.2) is 0 Å². The Hall–Kier alpha value is -3.04. The molecule has 0 aliphatic carbocycles. The van der Waals surface area contributed by atoms with Crippen LogP contribution in [-0.4, -0.2) is 62.9 Å². The second-order valence-electron chi connectivity index (χ2n) is 9.28. The number of carbonyl (C=O) groups excluding carboxylic acids is 1. The number of ether oxygens (including phenoxy) is 2. The number of hydrogen-bond donors (Lipinski definition) is 1. The number of rotatable bonds is 6. The highest BCUT2D eigenvalue weighted by molar-refractivity contribution is 6.31. The molecule has 1 amide bonds. The Balaban J connectivity index is 1.44. The number of halogens is 1. The molecule has 0 aromatic heterocycles. The Kier molecular flexibility index (Phi) is 6.71. The van der Waals surface area contributed by atoms with Crippen LogP contribution >= 0.6 is 11.6 Å². The summed E-state index contributed by atoms with van der Waals surface area (Å²) in [6, 6.07) is 10.4. The van der Waals surface area contributed by atoms with Crippen LogP contribution in [0.25, 0.3) is 0 Å². The number of nitro groups is 1. The zero-order valence-electron chi connectivity index (χ0n) is 19.6. The first-order valence-corrected chi connectivity index (χ1v) is 12.3. The van der Waals surface area contributed by atoms with E-state index in [1.54, 1.807) is 25.3 Å². The third kappa shape index (κ3) is 4.75. The van der Waals surface area contributed by atoms with Crippen LogP contribution in [0.2, 0.25) is 5.02 Å². The van der Waals surface area contributed by atoms with Gasteiger partial charge in [0.25, 0.3) is 5.69 Å². The highest BCUT2D eigenvalue weighted by Gasteiger charge is 2.42. The molecule has 1 N–H and O–H groups in total. The van der Waals surface area contributed by atoms with Gasteiger partial charge in [0.2, 0.25) is 5.91 Å². The van der Waals surface area contributed by atoms with Crippen LogP contribution < -0.4 is 19.9 Å². The molecule has 2 aromatic carbocycles. The lowest BCUT2D eigenvalue weighted by atomic mass is 9.83. The third-order valence-corrected chi connectivity index (χ3v) is 7.49. The first-order valence-electron chi connectivity index (χ1n) is 12.0. The molecule has 3 atom stereocenters. The Morgan fingerprint density at radius 1 is 1.26 bits per heavy atom. The minimum atomic E-state index is -0.387. The van der Waals surface area contributed by atoms with E-state index in [-0.39, 0.29) is 34.6 Å². The maximum atomic E-state index is 13.5. The normalized spacial score (nSPS) is 23.4.